The highest BCUT2D eigenvalue weighted by atomic mass is 16.5. The van der Waals surface area contributed by atoms with Gasteiger partial charge in [-0.05, 0) is 49.7 Å². The SMILES string of the molecule is CCNCc1occc1COc1cc(C)cc(C)c1. The van der Waals surface area contributed by atoms with Crippen LogP contribution >= 0.6 is 0 Å². The highest BCUT2D eigenvalue weighted by Crippen LogP contribution is 2.19. The smallest absolute Gasteiger partial charge is 0.124 e. The third-order valence-electron chi connectivity index (χ3n) is 2.96. The molecular weight excluding hydrogens is 238 g/mol. The van der Waals surface area contributed by atoms with Crippen LogP contribution in [-0.2, 0) is 13.2 Å². The van der Waals surface area contributed by atoms with Gasteiger partial charge >= 0.3 is 0 Å². The second kappa shape index (κ2) is 6.43. The summed E-state index contributed by atoms with van der Waals surface area (Å²) in [4.78, 5) is 0. The number of ether oxygens (including phenoxy) is 1. The summed E-state index contributed by atoms with van der Waals surface area (Å²) in [6.07, 6.45) is 1.72. The molecule has 0 aliphatic rings. The molecule has 3 heteroatoms. The molecule has 0 atom stereocenters. The van der Waals surface area contributed by atoms with Crippen LogP contribution in [0.1, 0.15) is 29.4 Å². The van der Waals surface area contributed by atoms with Crippen LogP contribution in [0.4, 0.5) is 0 Å². The quantitative estimate of drug-likeness (QED) is 0.861. The topological polar surface area (TPSA) is 34.4 Å². The molecule has 0 fully saturated rings. The largest absolute Gasteiger partial charge is 0.489 e. The fraction of sp³-hybridized carbons (Fsp3) is 0.375. The van der Waals surface area contributed by atoms with E-state index in [1.54, 1.807) is 6.26 Å². The van der Waals surface area contributed by atoms with E-state index in [1.807, 2.05) is 6.07 Å². The molecule has 19 heavy (non-hydrogen) atoms. The molecule has 2 rings (SSSR count). The van der Waals surface area contributed by atoms with Crippen LogP contribution in [0.5, 0.6) is 5.75 Å². The first-order valence-electron chi connectivity index (χ1n) is 6.66. The Morgan fingerprint density at radius 1 is 1.16 bits per heavy atom. The van der Waals surface area contributed by atoms with Crippen LogP contribution in [0.25, 0.3) is 0 Å². The van der Waals surface area contributed by atoms with Gasteiger partial charge in [-0.25, -0.2) is 0 Å². The van der Waals surface area contributed by atoms with E-state index in [4.69, 9.17) is 9.15 Å². The van der Waals surface area contributed by atoms with E-state index in [1.165, 1.54) is 11.1 Å². The van der Waals surface area contributed by atoms with Gasteiger partial charge in [0.15, 0.2) is 0 Å². The van der Waals surface area contributed by atoms with Crippen LogP contribution in [0.3, 0.4) is 0 Å². The van der Waals surface area contributed by atoms with Gasteiger partial charge < -0.3 is 14.5 Å². The molecule has 0 saturated heterocycles. The van der Waals surface area contributed by atoms with Crippen molar-refractivity contribution in [3.8, 4) is 5.75 Å². The Morgan fingerprint density at radius 3 is 2.58 bits per heavy atom. The Morgan fingerprint density at radius 2 is 1.89 bits per heavy atom. The number of nitrogens with one attached hydrogen (secondary N) is 1. The summed E-state index contributed by atoms with van der Waals surface area (Å²) in [6.45, 7) is 8.45. The molecule has 1 heterocycles. The molecule has 0 aliphatic carbocycles. The molecule has 0 bridgehead atoms. The molecular formula is C16H21NO2. The number of hydrogen-bond donors (Lipinski definition) is 1. The maximum absolute atomic E-state index is 5.84. The van der Waals surface area contributed by atoms with Gasteiger partial charge in [0.1, 0.15) is 18.1 Å². The molecule has 0 spiro atoms. The summed E-state index contributed by atoms with van der Waals surface area (Å²) >= 11 is 0. The Labute approximate surface area is 114 Å². The zero-order chi connectivity index (χ0) is 13.7. The van der Waals surface area contributed by atoms with Crippen molar-refractivity contribution in [1.29, 1.82) is 0 Å². The minimum atomic E-state index is 0.542. The summed E-state index contributed by atoms with van der Waals surface area (Å²) in [6, 6.07) is 8.21. The summed E-state index contributed by atoms with van der Waals surface area (Å²) in [5.41, 5.74) is 3.53. The minimum absolute atomic E-state index is 0.542. The van der Waals surface area contributed by atoms with Gasteiger partial charge in [-0.15, -0.1) is 0 Å². The lowest BCUT2D eigenvalue weighted by molar-refractivity contribution is 0.301. The molecule has 0 radical (unpaired) electrons. The molecule has 102 valence electrons. The Balaban J connectivity index is 2.00. The number of hydrogen-bond acceptors (Lipinski definition) is 3. The second-order valence-corrected chi connectivity index (χ2v) is 4.76. The van der Waals surface area contributed by atoms with Crippen LogP contribution in [0, 0.1) is 13.8 Å². The predicted octanol–water partition coefficient (Wildman–Crippen LogP) is 3.58. The standard InChI is InChI=1S/C16H21NO2/c1-4-17-10-16-14(5-6-18-16)11-19-15-8-12(2)7-13(3)9-15/h5-9,17H,4,10-11H2,1-3H3. The monoisotopic (exact) mass is 259 g/mol. The average molecular weight is 259 g/mol. The zero-order valence-corrected chi connectivity index (χ0v) is 11.8. The van der Waals surface area contributed by atoms with Crippen molar-refractivity contribution >= 4 is 0 Å². The van der Waals surface area contributed by atoms with Gasteiger partial charge in [0, 0.05) is 5.56 Å². The van der Waals surface area contributed by atoms with Crippen LogP contribution in [0.2, 0.25) is 0 Å². The van der Waals surface area contributed by atoms with Crippen molar-refractivity contribution in [2.45, 2.75) is 33.9 Å². The van der Waals surface area contributed by atoms with Gasteiger partial charge in [0.2, 0.25) is 0 Å². The highest BCUT2D eigenvalue weighted by molar-refractivity contribution is 5.33. The normalized spacial score (nSPS) is 10.7. The maximum Gasteiger partial charge on any atom is 0.124 e. The lowest BCUT2D eigenvalue weighted by atomic mass is 10.1. The van der Waals surface area contributed by atoms with E-state index < -0.39 is 0 Å². The first-order valence-corrected chi connectivity index (χ1v) is 6.66. The highest BCUT2D eigenvalue weighted by Gasteiger charge is 2.07. The molecule has 0 aliphatic heterocycles. The van der Waals surface area contributed by atoms with E-state index in [9.17, 15) is 0 Å². The maximum atomic E-state index is 5.84. The van der Waals surface area contributed by atoms with Crippen LogP contribution in [0.15, 0.2) is 34.9 Å². The third kappa shape index (κ3) is 3.86. The second-order valence-electron chi connectivity index (χ2n) is 4.76. The summed E-state index contributed by atoms with van der Waals surface area (Å²) in [7, 11) is 0. The van der Waals surface area contributed by atoms with Crippen LogP contribution < -0.4 is 10.1 Å². The minimum Gasteiger partial charge on any atom is -0.489 e. The molecule has 1 aromatic heterocycles. The van der Waals surface area contributed by atoms with Crippen molar-refractivity contribution in [2.24, 2.45) is 0 Å². The van der Waals surface area contributed by atoms with Gasteiger partial charge in [0.25, 0.3) is 0 Å². The first kappa shape index (κ1) is 13.7. The van der Waals surface area contributed by atoms with Crippen molar-refractivity contribution in [3.05, 3.63) is 53.0 Å². The Kier molecular flexibility index (Phi) is 4.63. The van der Waals surface area contributed by atoms with Crippen molar-refractivity contribution in [1.82, 2.24) is 5.32 Å². The fourth-order valence-corrected chi connectivity index (χ4v) is 2.07. The lowest BCUT2D eigenvalue weighted by Gasteiger charge is -2.08. The Bertz CT molecular complexity index is 511. The molecule has 1 N–H and O–H groups in total. The third-order valence-corrected chi connectivity index (χ3v) is 2.96. The van der Waals surface area contributed by atoms with Gasteiger partial charge in [-0.1, -0.05) is 13.0 Å². The van der Waals surface area contributed by atoms with E-state index in [-0.39, 0.29) is 0 Å². The van der Waals surface area contributed by atoms with Gasteiger partial charge in [0.05, 0.1) is 12.8 Å². The number of furan rings is 1. The molecule has 3 nitrogen and oxygen atoms in total. The van der Waals surface area contributed by atoms with E-state index in [0.29, 0.717) is 6.61 Å². The van der Waals surface area contributed by atoms with E-state index >= 15 is 0 Å². The number of rotatable bonds is 6. The van der Waals surface area contributed by atoms with Crippen LogP contribution in [-0.4, -0.2) is 6.54 Å². The number of aryl methyl sites for hydroxylation is 2. The summed E-state index contributed by atoms with van der Waals surface area (Å²) in [5.74, 6) is 1.86. The molecule has 0 unspecified atom stereocenters. The molecule has 0 amide bonds. The van der Waals surface area contributed by atoms with Gasteiger partial charge in [-0.2, -0.15) is 0 Å². The average Bonchev–Trinajstić information content (AvgIpc) is 2.80. The van der Waals surface area contributed by atoms with Crippen molar-refractivity contribution in [3.63, 3.8) is 0 Å². The molecule has 2 aromatic rings. The Hall–Kier alpha value is -1.74. The zero-order valence-electron chi connectivity index (χ0n) is 11.8. The lowest BCUT2D eigenvalue weighted by Crippen LogP contribution is -2.12. The summed E-state index contributed by atoms with van der Waals surface area (Å²) < 4.78 is 11.3. The fourth-order valence-electron chi connectivity index (χ4n) is 2.07. The van der Waals surface area contributed by atoms with Crippen molar-refractivity contribution in [2.75, 3.05) is 6.54 Å². The first-order chi connectivity index (χ1) is 9.19. The summed E-state index contributed by atoms with van der Waals surface area (Å²) in [5, 5.41) is 3.26. The predicted molar refractivity (Wildman–Crippen MR) is 76.3 cm³/mol. The van der Waals surface area contributed by atoms with E-state index in [2.05, 4.69) is 44.3 Å². The molecule has 1 aromatic carbocycles. The van der Waals surface area contributed by atoms with Crippen molar-refractivity contribution < 1.29 is 9.15 Å². The van der Waals surface area contributed by atoms with E-state index in [0.717, 1.165) is 30.2 Å². The molecule has 0 saturated carbocycles. The van der Waals surface area contributed by atoms with Gasteiger partial charge in [-0.3, -0.25) is 0 Å². The number of benzene rings is 1.